The molecule has 0 saturated carbocycles. The molecule has 5 aliphatic heterocycles. The first-order valence-electron chi connectivity index (χ1n) is 30.2. The normalized spacial score (nSPS) is 39.9. The summed E-state index contributed by atoms with van der Waals surface area (Å²) in [6.07, 6.45) is -29.8. The molecule has 5 rings (SSSR count). The van der Waals surface area contributed by atoms with Gasteiger partial charge >= 0.3 is 0 Å². The lowest BCUT2D eigenvalue weighted by atomic mass is 9.95. The highest BCUT2D eigenvalue weighted by molar-refractivity contribution is 5.00. The summed E-state index contributed by atoms with van der Waals surface area (Å²) >= 11 is 0. The lowest BCUT2D eigenvalue weighted by Gasteiger charge is -2.51. The van der Waals surface area contributed by atoms with Crippen LogP contribution in [0.4, 0.5) is 0 Å². The summed E-state index contributed by atoms with van der Waals surface area (Å²) in [7, 11) is 0. The molecule has 5 heterocycles. The van der Waals surface area contributed by atoms with E-state index in [9.17, 15) is 81.7 Å². The molecule has 0 aliphatic carbocycles. The Balaban J connectivity index is 1.56. The molecule has 490 valence electrons. The first-order valence-corrected chi connectivity index (χ1v) is 30.2. The van der Waals surface area contributed by atoms with Gasteiger partial charge in [-0.25, -0.2) is 0 Å². The van der Waals surface area contributed by atoms with Crippen LogP contribution in [-0.4, -0.2) is 301 Å². The first-order chi connectivity index (χ1) is 40.0. The van der Waals surface area contributed by atoms with E-state index >= 15 is 0 Å². The lowest BCUT2D eigenvalue weighted by molar-refractivity contribution is -0.415. The lowest BCUT2D eigenvalue weighted by Crippen LogP contribution is -2.69. The van der Waals surface area contributed by atoms with Gasteiger partial charge in [-0.15, -0.1) is 0 Å². The van der Waals surface area contributed by atoms with Crippen molar-refractivity contribution in [1.29, 1.82) is 0 Å². The van der Waals surface area contributed by atoms with Gasteiger partial charge in [-0.1, -0.05) is 117 Å². The number of ether oxygens (including phenoxy) is 12. The van der Waals surface area contributed by atoms with E-state index < -0.39 is 193 Å². The van der Waals surface area contributed by atoms with Crippen LogP contribution in [0.1, 0.15) is 129 Å². The third kappa shape index (κ3) is 21.3. The Morgan fingerprint density at radius 3 is 0.976 bits per heavy atom. The zero-order valence-electron chi connectivity index (χ0n) is 48.2. The molecule has 5 saturated heterocycles. The van der Waals surface area contributed by atoms with E-state index in [2.05, 4.69) is 13.8 Å². The molecule has 0 aromatic heterocycles. The summed E-state index contributed by atoms with van der Waals surface area (Å²) in [4.78, 5) is 0. The standard InChI is InChI=1S/C55H102O28/c1-3-5-7-9-11-13-15-17-19-21-72-27-30(28-73-22-20-18-16-14-12-10-8-6-4-2)75-55-50(83-54-47(71)43(67)39(63)34(26-59)79-54)49(82-53-46(70)42(66)38(62)33(25-58)78-53)48(81-52-45(69)41(65)37(61)32(24-57)77-52)35(80-55)29-74-51-44(68)40(64)36(60)31(23-56)76-51/h30-71H,3-29H2,1-2H3/t31?,32?,33?,34?,35?,36-,37-,38-,39-,40+,41+,42+,43+,44?,45?,46?,47?,48-,49+,50?,51-,52+,53+,54+,55-/m1/s1. The second kappa shape index (κ2) is 38.4. The van der Waals surface area contributed by atoms with Gasteiger partial charge in [-0.05, 0) is 12.8 Å². The van der Waals surface area contributed by atoms with Crippen LogP contribution in [0.2, 0.25) is 0 Å². The van der Waals surface area contributed by atoms with Gasteiger partial charge in [-0.3, -0.25) is 0 Å². The SMILES string of the molecule is CCCCCCCCCCCOCC(COCCCCCCCCCCC)O[C@@H]1OC(CO[C@@H]2OC(CO)[C@@H](O)[C@H](O)C2O)[C@@H](O[C@@H]2OC(CO)[C@@H](O)[C@H](O)C2O)[C@H](O[C@@H]2OC(CO)[C@@H](O)[C@H](O)C2O)C1O[C@@H]1OC(CO)[C@@H](O)[C@H](O)C1O. The minimum atomic E-state index is -2.16. The maximum Gasteiger partial charge on any atom is 0.187 e. The minimum absolute atomic E-state index is 0.142. The molecule has 10 unspecified atom stereocenters. The monoisotopic (exact) mass is 1210 g/mol. The predicted molar refractivity (Wildman–Crippen MR) is 285 cm³/mol. The van der Waals surface area contributed by atoms with Crippen LogP contribution in [0.25, 0.3) is 0 Å². The number of aliphatic hydroxyl groups is 16. The number of aliphatic hydroxyl groups excluding tert-OH is 16. The highest BCUT2D eigenvalue weighted by atomic mass is 16.8. The van der Waals surface area contributed by atoms with Gasteiger partial charge in [0, 0.05) is 13.2 Å². The molecular formula is C55H102O28. The Bertz CT molecular complexity index is 1650. The molecule has 5 aliphatic rings. The fourth-order valence-electron chi connectivity index (χ4n) is 10.8. The van der Waals surface area contributed by atoms with E-state index in [1.165, 1.54) is 38.5 Å². The van der Waals surface area contributed by atoms with E-state index in [-0.39, 0.29) is 13.2 Å². The molecule has 0 aromatic rings. The van der Waals surface area contributed by atoms with Crippen LogP contribution in [0, 0.1) is 0 Å². The smallest absolute Gasteiger partial charge is 0.187 e. The molecule has 16 N–H and O–H groups in total. The van der Waals surface area contributed by atoms with Gasteiger partial charge in [0.05, 0.1) is 46.2 Å². The van der Waals surface area contributed by atoms with Crippen LogP contribution in [0.15, 0.2) is 0 Å². The van der Waals surface area contributed by atoms with E-state index in [0.29, 0.717) is 26.1 Å². The Morgan fingerprint density at radius 2 is 0.614 bits per heavy atom. The van der Waals surface area contributed by atoms with Crippen molar-refractivity contribution < 1.29 is 139 Å². The predicted octanol–water partition coefficient (Wildman–Crippen LogP) is -3.44. The van der Waals surface area contributed by atoms with Crippen LogP contribution < -0.4 is 0 Å². The van der Waals surface area contributed by atoms with E-state index in [1.807, 2.05) is 0 Å². The van der Waals surface area contributed by atoms with Crippen LogP contribution in [0.5, 0.6) is 0 Å². The van der Waals surface area contributed by atoms with Crippen molar-refractivity contribution in [3.8, 4) is 0 Å². The van der Waals surface area contributed by atoms with Gasteiger partial charge in [-0.2, -0.15) is 0 Å². The largest absolute Gasteiger partial charge is 0.394 e. The van der Waals surface area contributed by atoms with Crippen molar-refractivity contribution >= 4 is 0 Å². The van der Waals surface area contributed by atoms with Gasteiger partial charge in [0.25, 0.3) is 0 Å². The number of rotatable bonds is 39. The Morgan fingerprint density at radius 1 is 0.313 bits per heavy atom. The van der Waals surface area contributed by atoms with E-state index in [1.54, 1.807) is 0 Å². The first kappa shape index (κ1) is 72.6. The zero-order chi connectivity index (χ0) is 60.6. The second-order valence-electron chi connectivity index (χ2n) is 22.5. The van der Waals surface area contributed by atoms with Gasteiger partial charge < -0.3 is 139 Å². The molecule has 0 spiro atoms. The molecule has 25 atom stereocenters. The summed E-state index contributed by atoms with van der Waals surface area (Å²) < 4.78 is 74.1. The van der Waals surface area contributed by atoms with Crippen molar-refractivity contribution in [3.05, 3.63) is 0 Å². The summed E-state index contributed by atoms with van der Waals surface area (Å²) in [5.74, 6) is 0. The molecule has 83 heavy (non-hydrogen) atoms. The fraction of sp³-hybridized carbons (Fsp3) is 1.00. The molecule has 28 heteroatoms. The molecule has 0 bridgehead atoms. The third-order valence-corrected chi connectivity index (χ3v) is 16.0. The summed E-state index contributed by atoms with van der Waals surface area (Å²) in [6, 6.07) is 0. The average molecular weight is 1210 g/mol. The summed E-state index contributed by atoms with van der Waals surface area (Å²) in [5, 5.41) is 173. The Labute approximate surface area is 485 Å². The van der Waals surface area contributed by atoms with Gasteiger partial charge in [0.2, 0.25) is 0 Å². The number of unbranched alkanes of at least 4 members (excludes halogenated alkanes) is 16. The molecule has 0 aromatic carbocycles. The molecule has 0 radical (unpaired) electrons. The zero-order valence-corrected chi connectivity index (χ0v) is 48.2. The van der Waals surface area contributed by atoms with Gasteiger partial charge in [0.1, 0.15) is 128 Å². The number of hydrogen-bond acceptors (Lipinski definition) is 28. The Kier molecular flexibility index (Phi) is 33.6. The van der Waals surface area contributed by atoms with Crippen molar-refractivity contribution in [2.24, 2.45) is 0 Å². The van der Waals surface area contributed by atoms with E-state index in [4.69, 9.17) is 56.8 Å². The maximum absolute atomic E-state index is 11.5. The average Bonchev–Trinajstić information content (AvgIpc) is 3.68. The topological polar surface area (TPSA) is 434 Å². The quantitative estimate of drug-likeness (QED) is 0.0266. The summed E-state index contributed by atoms with van der Waals surface area (Å²) in [5.41, 5.74) is 0. The highest BCUT2D eigenvalue weighted by Crippen LogP contribution is 2.38. The molecule has 5 fully saturated rings. The van der Waals surface area contributed by atoms with E-state index in [0.717, 1.165) is 64.2 Å². The number of hydrogen-bond donors (Lipinski definition) is 16. The molecular weight excluding hydrogens is 1110 g/mol. The maximum atomic E-state index is 11.5. The second-order valence-corrected chi connectivity index (χ2v) is 22.5. The van der Waals surface area contributed by atoms with Crippen molar-refractivity contribution in [3.63, 3.8) is 0 Å². The van der Waals surface area contributed by atoms with Crippen LogP contribution >= 0.6 is 0 Å². The van der Waals surface area contributed by atoms with Crippen molar-refractivity contribution in [2.75, 3.05) is 59.5 Å². The molecule has 0 amide bonds. The summed E-state index contributed by atoms with van der Waals surface area (Å²) in [6.45, 7) is 0.191. The van der Waals surface area contributed by atoms with Gasteiger partial charge in [0.15, 0.2) is 31.5 Å². The van der Waals surface area contributed by atoms with Crippen LogP contribution in [-0.2, 0) is 56.8 Å². The minimum Gasteiger partial charge on any atom is -0.394 e. The third-order valence-electron chi connectivity index (χ3n) is 16.0. The fourth-order valence-corrected chi connectivity index (χ4v) is 10.8. The highest BCUT2D eigenvalue weighted by Gasteiger charge is 2.58. The van der Waals surface area contributed by atoms with Crippen LogP contribution in [0.3, 0.4) is 0 Å². The Hall–Kier alpha value is -1.12. The molecule has 28 nitrogen and oxygen atoms in total. The van der Waals surface area contributed by atoms with Crippen molar-refractivity contribution in [1.82, 2.24) is 0 Å². The van der Waals surface area contributed by atoms with Crippen molar-refractivity contribution in [2.45, 2.75) is 289 Å².